The first-order valence-corrected chi connectivity index (χ1v) is 4.04. The average Bonchev–Trinajstić information content (AvgIpc) is 1.83. The Morgan fingerprint density at radius 1 is 1.25 bits per heavy atom. The second-order valence-electron chi connectivity index (χ2n) is 1.90. The minimum absolute atomic E-state index is 0.715. The van der Waals surface area contributed by atoms with E-state index in [4.69, 9.17) is 5.73 Å². The van der Waals surface area contributed by atoms with Crippen molar-refractivity contribution in [2.45, 2.75) is 5.51 Å². The van der Waals surface area contributed by atoms with Gasteiger partial charge in [-0.05, 0) is 0 Å². The zero-order chi connectivity index (χ0) is 10.2. The number of halogens is 3. The second kappa shape index (κ2) is 2.81. The molecule has 0 aromatic heterocycles. The first-order chi connectivity index (χ1) is 5.10. The van der Waals surface area contributed by atoms with Crippen LogP contribution in [-0.2, 0) is 9.84 Å². The Bertz CT molecular complexity index is 314. The van der Waals surface area contributed by atoms with Gasteiger partial charge in [0, 0.05) is 5.70 Å². The van der Waals surface area contributed by atoms with Crippen molar-refractivity contribution < 1.29 is 21.6 Å². The molecule has 0 rings (SSSR count). The van der Waals surface area contributed by atoms with E-state index in [1.54, 1.807) is 0 Å². The molecule has 0 aromatic rings. The summed E-state index contributed by atoms with van der Waals surface area (Å²) in [4.78, 5) is -1.21. The van der Waals surface area contributed by atoms with E-state index in [0.717, 1.165) is 0 Å². The second-order valence-corrected chi connectivity index (χ2v) is 3.86. The van der Waals surface area contributed by atoms with Crippen molar-refractivity contribution in [1.29, 1.82) is 0 Å². The lowest BCUT2D eigenvalue weighted by Gasteiger charge is -2.09. The molecule has 70 valence electrons. The zero-order valence-electron chi connectivity index (χ0n) is 5.85. The summed E-state index contributed by atoms with van der Waals surface area (Å²) < 4.78 is 56.0. The summed E-state index contributed by atoms with van der Waals surface area (Å²) in [6.45, 7) is 5.49. The lowest BCUT2D eigenvalue weighted by molar-refractivity contribution is -0.0426. The van der Waals surface area contributed by atoms with Crippen LogP contribution in [-0.4, -0.2) is 13.9 Å². The third kappa shape index (κ3) is 1.79. The highest BCUT2D eigenvalue weighted by Crippen LogP contribution is 2.29. The van der Waals surface area contributed by atoms with Crippen molar-refractivity contribution in [1.82, 2.24) is 0 Å². The quantitative estimate of drug-likeness (QED) is 0.675. The number of sulfone groups is 1. The van der Waals surface area contributed by atoms with Crippen molar-refractivity contribution in [2.24, 2.45) is 5.73 Å². The van der Waals surface area contributed by atoms with E-state index in [0.29, 0.717) is 0 Å². The molecular formula is C5H6F3NO2S. The van der Waals surface area contributed by atoms with E-state index < -0.39 is 25.9 Å². The van der Waals surface area contributed by atoms with Gasteiger partial charge in [0.05, 0.1) is 4.91 Å². The summed E-state index contributed by atoms with van der Waals surface area (Å²) in [6.07, 6.45) is 0. The fraction of sp³-hybridized carbons (Fsp3) is 0.200. The van der Waals surface area contributed by atoms with E-state index in [-0.39, 0.29) is 0 Å². The van der Waals surface area contributed by atoms with Crippen molar-refractivity contribution >= 4 is 9.84 Å². The number of rotatable bonds is 2. The molecular weight excluding hydrogens is 195 g/mol. The van der Waals surface area contributed by atoms with E-state index in [2.05, 4.69) is 13.2 Å². The molecule has 0 radical (unpaired) electrons. The van der Waals surface area contributed by atoms with Gasteiger partial charge < -0.3 is 5.73 Å². The molecule has 0 amide bonds. The first-order valence-electron chi connectivity index (χ1n) is 2.55. The van der Waals surface area contributed by atoms with Gasteiger partial charge >= 0.3 is 5.51 Å². The van der Waals surface area contributed by atoms with E-state index in [1.807, 2.05) is 0 Å². The van der Waals surface area contributed by atoms with Crippen molar-refractivity contribution in [3.63, 3.8) is 0 Å². The van der Waals surface area contributed by atoms with Crippen LogP contribution in [0.1, 0.15) is 0 Å². The van der Waals surface area contributed by atoms with Gasteiger partial charge in [-0.1, -0.05) is 13.2 Å². The highest BCUT2D eigenvalue weighted by Gasteiger charge is 2.47. The molecule has 0 aromatic carbocycles. The SMILES string of the molecule is C=C(N)C(=C)S(=O)(=O)C(F)(F)F. The predicted octanol–water partition coefficient (Wildman–Crippen LogP) is 0.907. The lowest BCUT2D eigenvalue weighted by atomic mass is 10.5. The van der Waals surface area contributed by atoms with Crippen LogP contribution < -0.4 is 5.73 Å². The summed E-state index contributed by atoms with van der Waals surface area (Å²) in [5, 5.41) is 0. The maximum absolute atomic E-state index is 11.7. The van der Waals surface area contributed by atoms with Gasteiger partial charge in [-0.15, -0.1) is 0 Å². The Kier molecular flexibility index (Phi) is 2.58. The number of hydrogen-bond donors (Lipinski definition) is 1. The Morgan fingerprint density at radius 3 is 1.67 bits per heavy atom. The minimum Gasteiger partial charge on any atom is -0.398 e. The molecule has 0 heterocycles. The monoisotopic (exact) mass is 201 g/mol. The molecule has 7 heteroatoms. The standard InChI is InChI=1S/C5H6F3NO2S/c1-3(9)4(2)12(10,11)5(6,7)8/h1-2,9H2. The van der Waals surface area contributed by atoms with Crippen molar-refractivity contribution in [2.75, 3.05) is 0 Å². The van der Waals surface area contributed by atoms with Gasteiger partial charge in [0.1, 0.15) is 0 Å². The first kappa shape index (κ1) is 11.0. The third-order valence-electron chi connectivity index (χ3n) is 0.987. The molecule has 0 atom stereocenters. The zero-order valence-corrected chi connectivity index (χ0v) is 6.67. The molecule has 0 aliphatic heterocycles. The smallest absolute Gasteiger partial charge is 0.398 e. The topological polar surface area (TPSA) is 60.2 Å². The van der Waals surface area contributed by atoms with Gasteiger partial charge in [0.15, 0.2) is 0 Å². The molecule has 12 heavy (non-hydrogen) atoms. The van der Waals surface area contributed by atoms with Crippen LogP contribution in [0, 0.1) is 0 Å². The molecule has 0 saturated carbocycles. The number of hydrogen-bond acceptors (Lipinski definition) is 3. The predicted molar refractivity (Wildman–Crippen MR) is 37.4 cm³/mol. The average molecular weight is 201 g/mol. The van der Waals surface area contributed by atoms with Crippen LogP contribution in [0.2, 0.25) is 0 Å². The molecule has 0 spiro atoms. The fourth-order valence-corrected chi connectivity index (χ4v) is 0.937. The lowest BCUT2D eigenvalue weighted by Crippen LogP contribution is -2.26. The molecule has 0 aliphatic carbocycles. The van der Waals surface area contributed by atoms with Gasteiger partial charge in [0.25, 0.3) is 9.84 Å². The third-order valence-corrected chi connectivity index (χ3v) is 2.51. The van der Waals surface area contributed by atoms with Crippen LogP contribution in [0.25, 0.3) is 0 Å². The fourth-order valence-electron chi connectivity index (χ4n) is 0.312. The van der Waals surface area contributed by atoms with Crippen LogP contribution in [0.4, 0.5) is 13.2 Å². The van der Waals surface area contributed by atoms with Crippen LogP contribution in [0.3, 0.4) is 0 Å². The summed E-state index contributed by atoms with van der Waals surface area (Å²) in [5.74, 6) is 0. The van der Waals surface area contributed by atoms with Crippen LogP contribution >= 0.6 is 0 Å². The van der Waals surface area contributed by atoms with Crippen molar-refractivity contribution in [3.05, 3.63) is 23.8 Å². The molecule has 0 saturated heterocycles. The molecule has 0 bridgehead atoms. The van der Waals surface area contributed by atoms with Gasteiger partial charge in [0.2, 0.25) is 0 Å². The van der Waals surface area contributed by atoms with E-state index >= 15 is 0 Å². The minimum atomic E-state index is -5.39. The normalized spacial score (nSPS) is 12.6. The summed E-state index contributed by atoms with van der Waals surface area (Å²) in [5.41, 5.74) is -1.34. The maximum atomic E-state index is 11.7. The number of nitrogens with two attached hydrogens (primary N) is 1. The van der Waals surface area contributed by atoms with Crippen LogP contribution in [0.5, 0.6) is 0 Å². The molecule has 3 nitrogen and oxygen atoms in total. The Morgan fingerprint density at radius 2 is 1.58 bits per heavy atom. The van der Waals surface area contributed by atoms with E-state index in [9.17, 15) is 21.6 Å². The Balaban J connectivity index is 5.18. The summed E-state index contributed by atoms with van der Waals surface area (Å²) in [6, 6.07) is 0. The maximum Gasteiger partial charge on any atom is 0.501 e. The van der Waals surface area contributed by atoms with E-state index in [1.165, 1.54) is 0 Å². The molecule has 0 fully saturated rings. The highest BCUT2D eigenvalue weighted by atomic mass is 32.2. The number of alkyl halides is 3. The summed E-state index contributed by atoms with van der Waals surface area (Å²) >= 11 is 0. The Labute approximate surface area is 67.3 Å². The Hall–Kier alpha value is -0.980. The van der Waals surface area contributed by atoms with Gasteiger partial charge in [-0.25, -0.2) is 8.42 Å². The summed E-state index contributed by atoms with van der Waals surface area (Å²) in [7, 11) is -5.39. The molecule has 0 aliphatic rings. The molecule has 2 N–H and O–H groups in total. The van der Waals surface area contributed by atoms with Crippen molar-refractivity contribution in [3.8, 4) is 0 Å². The van der Waals surface area contributed by atoms with Gasteiger partial charge in [-0.2, -0.15) is 13.2 Å². The van der Waals surface area contributed by atoms with Gasteiger partial charge in [-0.3, -0.25) is 0 Å². The highest BCUT2D eigenvalue weighted by molar-refractivity contribution is 7.96. The van der Waals surface area contributed by atoms with Crippen LogP contribution in [0.15, 0.2) is 23.8 Å². The largest absolute Gasteiger partial charge is 0.501 e. The molecule has 0 unspecified atom stereocenters.